The van der Waals surface area contributed by atoms with Gasteiger partial charge in [0.15, 0.2) is 0 Å². The topological polar surface area (TPSA) is 80.9 Å². The van der Waals surface area contributed by atoms with Gasteiger partial charge in [-0.1, -0.05) is 0 Å². The number of rotatable bonds is 6. The molecule has 30 heavy (non-hydrogen) atoms. The molecule has 0 bridgehead atoms. The van der Waals surface area contributed by atoms with Gasteiger partial charge in [-0.15, -0.1) is 0 Å². The number of nitrogens with zero attached hydrogens (tertiary/aromatic N) is 3. The van der Waals surface area contributed by atoms with Gasteiger partial charge in [0.2, 0.25) is 5.91 Å². The van der Waals surface area contributed by atoms with Gasteiger partial charge in [0.05, 0.1) is 24.5 Å². The van der Waals surface area contributed by atoms with Crippen molar-refractivity contribution >= 4 is 23.4 Å². The van der Waals surface area contributed by atoms with Gasteiger partial charge >= 0.3 is 6.09 Å². The lowest BCUT2D eigenvalue weighted by Crippen LogP contribution is -2.46. The standard InChI is InChI=1S/C21H26FN5O3/c1-15(28)24-12-18-14-27(21(29)30-18)17-4-5-20(19(22)11-17)26-9-7-25(8-10-26)13-16-3-2-6-23-16/h2-6,11,18,23H,7-10,12-14H2,1H3,(H,24,28)/t18-/m0/s1. The Morgan fingerprint density at radius 3 is 2.73 bits per heavy atom. The summed E-state index contributed by atoms with van der Waals surface area (Å²) in [6, 6.07) is 8.89. The summed E-state index contributed by atoms with van der Waals surface area (Å²) in [5.41, 5.74) is 2.17. The molecule has 2 fully saturated rings. The summed E-state index contributed by atoms with van der Waals surface area (Å²) in [7, 11) is 0. The van der Waals surface area contributed by atoms with Gasteiger partial charge in [-0.2, -0.15) is 0 Å². The third kappa shape index (κ3) is 4.56. The Kier molecular flexibility index (Phi) is 5.89. The smallest absolute Gasteiger partial charge is 0.414 e. The maximum absolute atomic E-state index is 14.9. The van der Waals surface area contributed by atoms with Crippen LogP contribution in [-0.4, -0.2) is 67.3 Å². The second-order valence-corrected chi connectivity index (χ2v) is 7.65. The van der Waals surface area contributed by atoms with Crippen LogP contribution in [-0.2, 0) is 16.1 Å². The van der Waals surface area contributed by atoms with Crippen LogP contribution in [0.1, 0.15) is 12.6 Å². The molecule has 0 radical (unpaired) electrons. The van der Waals surface area contributed by atoms with E-state index in [9.17, 15) is 14.0 Å². The quantitative estimate of drug-likeness (QED) is 0.754. The second kappa shape index (κ2) is 8.74. The number of carbonyl (C=O) groups excluding carboxylic acids is 2. The third-order valence-corrected chi connectivity index (χ3v) is 5.46. The highest BCUT2D eigenvalue weighted by atomic mass is 19.1. The van der Waals surface area contributed by atoms with Crippen LogP contribution in [0.25, 0.3) is 0 Å². The first kappa shape index (κ1) is 20.2. The Hall–Kier alpha value is -3.07. The number of cyclic esters (lactones) is 1. The summed E-state index contributed by atoms with van der Waals surface area (Å²) in [4.78, 5) is 32.2. The summed E-state index contributed by atoms with van der Waals surface area (Å²) in [6.07, 6.45) is 0.938. The molecule has 8 nitrogen and oxygen atoms in total. The van der Waals surface area contributed by atoms with Gasteiger partial charge in [0.25, 0.3) is 0 Å². The minimum Gasteiger partial charge on any atom is -0.442 e. The highest BCUT2D eigenvalue weighted by Crippen LogP contribution is 2.28. The molecule has 2 aromatic rings. The summed E-state index contributed by atoms with van der Waals surface area (Å²) in [5.74, 6) is -0.545. The van der Waals surface area contributed by atoms with E-state index in [2.05, 4.69) is 21.3 Å². The second-order valence-electron chi connectivity index (χ2n) is 7.65. The van der Waals surface area contributed by atoms with Crippen molar-refractivity contribution in [3.8, 4) is 0 Å². The van der Waals surface area contributed by atoms with E-state index in [0.717, 1.165) is 32.7 Å². The molecule has 2 aliphatic heterocycles. The Bertz CT molecular complexity index is 896. The average Bonchev–Trinajstić information content (AvgIpc) is 3.36. The van der Waals surface area contributed by atoms with E-state index in [1.54, 1.807) is 12.1 Å². The maximum Gasteiger partial charge on any atom is 0.414 e. The number of nitrogens with one attached hydrogen (secondary N) is 2. The molecular formula is C21H26FN5O3. The number of carbonyl (C=O) groups is 2. The first-order valence-corrected chi connectivity index (χ1v) is 10.1. The summed E-state index contributed by atoms with van der Waals surface area (Å²) < 4.78 is 20.1. The van der Waals surface area contributed by atoms with Crippen molar-refractivity contribution in [2.75, 3.05) is 49.1 Å². The first-order chi connectivity index (χ1) is 14.5. The monoisotopic (exact) mass is 415 g/mol. The molecule has 2 saturated heterocycles. The fourth-order valence-corrected chi connectivity index (χ4v) is 3.87. The van der Waals surface area contributed by atoms with Gasteiger partial charge in [-0.3, -0.25) is 14.6 Å². The van der Waals surface area contributed by atoms with E-state index >= 15 is 0 Å². The zero-order valence-electron chi connectivity index (χ0n) is 16.9. The molecule has 1 aromatic heterocycles. The van der Waals surface area contributed by atoms with Crippen LogP contribution in [0.5, 0.6) is 0 Å². The molecule has 2 amide bonds. The first-order valence-electron chi connectivity index (χ1n) is 10.1. The van der Waals surface area contributed by atoms with Crippen molar-refractivity contribution in [1.29, 1.82) is 0 Å². The van der Waals surface area contributed by atoms with Gasteiger partial charge in [-0.25, -0.2) is 9.18 Å². The van der Waals surface area contributed by atoms with Crippen molar-refractivity contribution in [3.63, 3.8) is 0 Å². The Labute approximate surface area is 174 Å². The predicted molar refractivity (Wildman–Crippen MR) is 111 cm³/mol. The van der Waals surface area contributed by atoms with Gasteiger partial charge in [-0.05, 0) is 30.3 Å². The van der Waals surface area contributed by atoms with Crippen molar-refractivity contribution in [2.24, 2.45) is 0 Å². The number of aromatic amines is 1. The third-order valence-electron chi connectivity index (χ3n) is 5.46. The van der Waals surface area contributed by atoms with Crippen LogP contribution < -0.4 is 15.1 Å². The maximum atomic E-state index is 14.9. The molecule has 2 aliphatic rings. The van der Waals surface area contributed by atoms with E-state index in [-0.39, 0.29) is 24.8 Å². The van der Waals surface area contributed by atoms with Gasteiger partial charge in [0.1, 0.15) is 11.9 Å². The van der Waals surface area contributed by atoms with E-state index < -0.39 is 12.2 Å². The van der Waals surface area contributed by atoms with Gasteiger partial charge < -0.3 is 19.9 Å². The minimum atomic E-state index is -0.532. The number of aromatic nitrogens is 1. The summed E-state index contributed by atoms with van der Waals surface area (Å²) >= 11 is 0. The fourth-order valence-electron chi connectivity index (χ4n) is 3.87. The van der Waals surface area contributed by atoms with Crippen molar-refractivity contribution in [2.45, 2.75) is 19.6 Å². The summed E-state index contributed by atoms with van der Waals surface area (Å²) in [5, 5.41) is 2.63. The zero-order valence-corrected chi connectivity index (χ0v) is 16.9. The highest BCUT2D eigenvalue weighted by molar-refractivity contribution is 5.90. The molecule has 1 aromatic carbocycles. The number of benzene rings is 1. The van der Waals surface area contributed by atoms with E-state index in [4.69, 9.17) is 4.74 Å². The van der Waals surface area contributed by atoms with Crippen molar-refractivity contribution < 1.29 is 18.7 Å². The predicted octanol–water partition coefficient (Wildman–Crippen LogP) is 1.94. The molecule has 1 atom stereocenters. The van der Waals surface area contributed by atoms with Crippen LogP contribution in [0.3, 0.4) is 0 Å². The van der Waals surface area contributed by atoms with Crippen LogP contribution in [0, 0.1) is 5.82 Å². The number of H-pyrrole nitrogens is 1. The largest absolute Gasteiger partial charge is 0.442 e. The fraction of sp³-hybridized carbons (Fsp3) is 0.429. The number of piperazine rings is 1. The Morgan fingerprint density at radius 2 is 2.07 bits per heavy atom. The molecule has 4 rings (SSSR count). The number of hydrogen-bond donors (Lipinski definition) is 2. The molecular weight excluding hydrogens is 389 g/mol. The lowest BCUT2D eigenvalue weighted by atomic mass is 10.2. The molecule has 0 spiro atoms. The molecule has 0 aliphatic carbocycles. The molecule has 0 saturated carbocycles. The van der Waals surface area contributed by atoms with E-state index in [1.807, 2.05) is 17.2 Å². The molecule has 3 heterocycles. The minimum absolute atomic E-state index is 0.187. The number of ether oxygens (including phenoxy) is 1. The van der Waals surface area contributed by atoms with Crippen molar-refractivity contribution in [1.82, 2.24) is 15.2 Å². The van der Waals surface area contributed by atoms with E-state index in [0.29, 0.717) is 11.4 Å². The highest BCUT2D eigenvalue weighted by Gasteiger charge is 2.33. The Morgan fingerprint density at radius 1 is 1.27 bits per heavy atom. The van der Waals surface area contributed by atoms with Crippen molar-refractivity contribution in [3.05, 3.63) is 48.0 Å². The molecule has 9 heteroatoms. The molecule has 2 N–H and O–H groups in total. The van der Waals surface area contributed by atoms with E-state index in [1.165, 1.54) is 23.6 Å². The zero-order chi connectivity index (χ0) is 21.1. The van der Waals surface area contributed by atoms with Crippen LogP contribution in [0.15, 0.2) is 36.5 Å². The SMILES string of the molecule is CC(=O)NC[C@H]1CN(c2ccc(N3CCN(Cc4ccc[nH]4)CC3)c(F)c2)C(=O)O1. The van der Waals surface area contributed by atoms with Gasteiger partial charge in [0, 0.05) is 51.5 Å². The lowest BCUT2D eigenvalue weighted by Gasteiger charge is -2.36. The summed E-state index contributed by atoms with van der Waals surface area (Å²) in [6.45, 7) is 5.96. The number of anilines is 2. The normalized spacial score (nSPS) is 19.8. The lowest BCUT2D eigenvalue weighted by molar-refractivity contribution is -0.119. The van der Waals surface area contributed by atoms with Crippen LogP contribution in [0.2, 0.25) is 0 Å². The van der Waals surface area contributed by atoms with Crippen LogP contribution >= 0.6 is 0 Å². The van der Waals surface area contributed by atoms with Crippen LogP contribution in [0.4, 0.5) is 20.6 Å². The number of amides is 2. The Balaban J connectivity index is 1.35. The average molecular weight is 415 g/mol. The number of hydrogen-bond acceptors (Lipinski definition) is 5. The molecule has 0 unspecified atom stereocenters. The number of halogens is 1. The molecule has 160 valence electrons.